The highest BCUT2D eigenvalue weighted by Gasteiger charge is 2.25. The number of nitriles is 1. The molecule has 4 nitrogen and oxygen atoms in total. The fourth-order valence-electron chi connectivity index (χ4n) is 2.19. The van der Waals surface area contributed by atoms with Crippen molar-refractivity contribution in [1.82, 2.24) is 15.1 Å². The molecule has 16 heavy (non-hydrogen) atoms. The molecule has 0 aromatic heterocycles. The Morgan fingerprint density at radius 2 is 2.19 bits per heavy atom. The molecular weight excluding hydrogens is 200 g/mol. The molecule has 4 heteroatoms. The van der Waals surface area contributed by atoms with Crippen molar-refractivity contribution < 1.29 is 0 Å². The van der Waals surface area contributed by atoms with Gasteiger partial charge in [-0.1, -0.05) is 0 Å². The first-order valence-electron chi connectivity index (χ1n) is 6.07. The Kier molecular flexibility index (Phi) is 5.20. The van der Waals surface area contributed by atoms with Crippen LogP contribution in [0.1, 0.15) is 20.3 Å². The Hall–Kier alpha value is -0.630. The molecule has 0 aromatic rings. The molecule has 1 heterocycles. The van der Waals surface area contributed by atoms with E-state index in [0.717, 1.165) is 19.6 Å². The molecule has 1 N–H and O–H groups in total. The molecule has 0 spiro atoms. The topological polar surface area (TPSA) is 42.3 Å². The summed E-state index contributed by atoms with van der Waals surface area (Å²) in [6, 6.07) is 3.32. The Bertz CT molecular complexity index is 244. The van der Waals surface area contributed by atoms with E-state index in [-0.39, 0.29) is 6.04 Å². The second kappa shape index (κ2) is 6.19. The smallest absolute Gasteiger partial charge is 0.108 e. The van der Waals surface area contributed by atoms with Crippen molar-refractivity contribution in [3.63, 3.8) is 0 Å². The molecule has 1 fully saturated rings. The van der Waals surface area contributed by atoms with Crippen molar-refractivity contribution in [1.29, 1.82) is 5.26 Å². The van der Waals surface area contributed by atoms with E-state index in [0.29, 0.717) is 12.1 Å². The Morgan fingerprint density at radius 3 is 2.62 bits per heavy atom. The summed E-state index contributed by atoms with van der Waals surface area (Å²) in [5, 5.41) is 12.3. The van der Waals surface area contributed by atoms with Crippen LogP contribution in [0, 0.1) is 11.3 Å². The lowest BCUT2D eigenvalue weighted by Gasteiger charge is -2.23. The highest BCUT2D eigenvalue weighted by atomic mass is 15.2. The van der Waals surface area contributed by atoms with Crippen molar-refractivity contribution >= 4 is 0 Å². The quantitative estimate of drug-likeness (QED) is 0.739. The van der Waals surface area contributed by atoms with Gasteiger partial charge in [0.25, 0.3) is 0 Å². The van der Waals surface area contributed by atoms with E-state index in [4.69, 9.17) is 5.26 Å². The van der Waals surface area contributed by atoms with Gasteiger partial charge in [-0.15, -0.1) is 0 Å². The molecule has 0 saturated carbocycles. The summed E-state index contributed by atoms with van der Waals surface area (Å²) in [6.45, 7) is 7.21. The predicted molar refractivity (Wildman–Crippen MR) is 66.2 cm³/mol. The van der Waals surface area contributed by atoms with E-state index in [1.165, 1.54) is 6.42 Å². The number of likely N-dealkylation sites (tertiary alicyclic amines) is 1. The maximum absolute atomic E-state index is 9.06. The van der Waals surface area contributed by atoms with Crippen LogP contribution in [0.3, 0.4) is 0 Å². The monoisotopic (exact) mass is 224 g/mol. The largest absolute Gasteiger partial charge is 0.305 e. The summed E-state index contributed by atoms with van der Waals surface area (Å²) in [6.07, 6.45) is 1.22. The van der Waals surface area contributed by atoms with E-state index in [2.05, 4.69) is 49.1 Å². The van der Waals surface area contributed by atoms with Crippen molar-refractivity contribution in [3.05, 3.63) is 0 Å². The first-order chi connectivity index (χ1) is 7.52. The lowest BCUT2D eigenvalue weighted by molar-refractivity contribution is 0.258. The van der Waals surface area contributed by atoms with Crippen LogP contribution in [0.5, 0.6) is 0 Å². The Morgan fingerprint density at radius 1 is 1.50 bits per heavy atom. The van der Waals surface area contributed by atoms with Gasteiger partial charge in [-0.2, -0.15) is 5.26 Å². The normalized spacial score (nSPS) is 23.9. The van der Waals surface area contributed by atoms with E-state index in [9.17, 15) is 0 Å². The van der Waals surface area contributed by atoms with Crippen LogP contribution in [-0.4, -0.2) is 61.7 Å². The summed E-state index contributed by atoms with van der Waals surface area (Å²) in [4.78, 5) is 4.66. The predicted octanol–water partition coefficient (Wildman–Crippen LogP) is 0.512. The molecule has 92 valence electrons. The first-order valence-corrected chi connectivity index (χ1v) is 6.07. The van der Waals surface area contributed by atoms with Gasteiger partial charge < -0.3 is 4.90 Å². The maximum atomic E-state index is 9.06. The highest BCUT2D eigenvalue weighted by Crippen LogP contribution is 2.13. The van der Waals surface area contributed by atoms with Crippen LogP contribution in [0.4, 0.5) is 0 Å². The summed E-state index contributed by atoms with van der Waals surface area (Å²) >= 11 is 0. The van der Waals surface area contributed by atoms with Crippen molar-refractivity contribution in [2.45, 2.75) is 38.4 Å². The molecule has 2 unspecified atom stereocenters. The molecule has 1 aliphatic rings. The highest BCUT2D eigenvalue weighted by molar-refractivity contribution is 4.95. The molecule has 2 atom stereocenters. The molecule has 0 amide bonds. The number of hydrogen-bond donors (Lipinski definition) is 1. The van der Waals surface area contributed by atoms with E-state index in [1.807, 2.05) is 0 Å². The van der Waals surface area contributed by atoms with E-state index >= 15 is 0 Å². The Labute approximate surface area is 99.2 Å². The number of nitrogens with zero attached hydrogens (tertiary/aromatic N) is 3. The molecule has 0 aliphatic carbocycles. The molecular formula is C12H24N4. The zero-order valence-corrected chi connectivity index (χ0v) is 10.9. The number of hydrogen-bond acceptors (Lipinski definition) is 4. The minimum absolute atomic E-state index is 0.0408. The molecule has 1 saturated heterocycles. The zero-order valence-electron chi connectivity index (χ0n) is 10.9. The van der Waals surface area contributed by atoms with Crippen LogP contribution in [0.25, 0.3) is 0 Å². The SMILES string of the molecule is CC(C)NC(C#N)CN1CCC(N(C)C)C1. The van der Waals surface area contributed by atoms with Gasteiger partial charge in [0.1, 0.15) is 6.04 Å². The summed E-state index contributed by atoms with van der Waals surface area (Å²) in [7, 11) is 4.25. The third kappa shape index (κ3) is 4.09. The van der Waals surface area contributed by atoms with Crippen molar-refractivity contribution in [2.24, 2.45) is 0 Å². The van der Waals surface area contributed by atoms with Crippen LogP contribution >= 0.6 is 0 Å². The van der Waals surface area contributed by atoms with Gasteiger partial charge in [-0.05, 0) is 40.9 Å². The molecule has 1 rings (SSSR count). The van der Waals surface area contributed by atoms with E-state index < -0.39 is 0 Å². The first kappa shape index (κ1) is 13.4. The van der Waals surface area contributed by atoms with Crippen LogP contribution in [0.15, 0.2) is 0 Å². The Balaban J connectivity index is 2.35. The average molecular weight is 224 g/mol. The lowest BCUT2D eigenvalue weighted by Crippen LogP contribution is -2.43. The number of likely N-dealkylation sites (N-methyl/N-ethyl adjacent to an activating group) is 1. The molecule has 0 bridgehead atoms. The number of nitrogens with one attached hydrogen (secondary N) is 1. The van der Waals surface area contributed by atoms with Gasteiger partial charge >= 0.3 is 0 Å². The molecule has 1 aliphatic heterocycles. The molecule has 0 radical (unpaired) electrons. The minimum Gasteiger partial charge on any atom is -0.305 e. The second-order valence-electron chi connectivity index (χ2n) is 5.17. The van der Waals surface area contributed by atoms with Gasteiger partial charge in [0.2, 0.25) is 0 Å². The molecule has 0 aromatic carbocycles. The van der Waals surface area contributed by atoms with Gasteiger partial charge in [0.15, 0.2) is 0 Å². The summed E-state index contributed by atoms with van der Waals surface area (Å²) < 4.78 is 0. The summed E-state index contributed by atoms with van der Waals surface area (Å²) in [5.41, 5.74) is 0. The van der Waals surface area contributed by atoms with Crippen LogP contribution in [-0.2, 0) is 0 Å². The second-order valence-corrected chi connectivity index (χ2v) is 5.17. The van der Waals surface area contributed by atoms with Gasteiger partial charge in [0.05, 0.1) is 6.07 Å². The standard InChI is InChI=1S/C12H24N4/c1-10(2)14-11(7-13)8-16-6-5-12(9-16)15(3)4/h10-12,14H,5-6,8-9H2,1-4H3. The average Bonchev–Trinajstić information content (AvgIpc) is 2.64. The van der Waals surface area contributed by atoms with Gasteiger partial charge in [-0.25, -0.2) is 0 Å². The summed E-state index contributed by atoms with van der Waals surface area (Å²) in [5.74, 6) is 0. The number of rotatable bonds is 5. The third-order valence-electron chi connectivity index (χ3n) is 3.11. The fourth-order valence-corrected chi connectivity index (χ4v) is 2.19. The van der Waals surface area contributed by atoms with Gasteiger partial charge in [-0.3, -0.25) is 10.2 Å². The van der Waals surface area contributed by atoms with Crippen molar-refractivity contribution in [3.8, 4) is 6.07 Å². The van der Waals surface area contributed by atoms with Crippen LogP contribution in [0.2, 0.25) is 0 Å². The fraction of sp³-hybridized carbons (Fsp3) is 0.917. The zero-order chi connectivity index (χ0) is 12.1. The van der Waals surface area contributed by atoms with Gasteiger partial charge in [0, 0.05) is 25.2 Å². The van der Waals surface area contributed by atoms with Crippen molar-refractivity contribution in [2.75, 3.05) is 33.7 Å². The maximum Gasteiger partial charge on any atom is 0.108 e. The van der Waals surface area contributed by atoms with Crippen LogP contribution < -0.4 is 5.32 Å². The van der Waals surface area contributed by atoms with E-state index in [1.54, 1.807) is 0 Å². The lowest BCUT2D eigenvalue weighted by atomic mass is 10.2. The third-order valence-corrected chi connectivity index (χ3v) is 3.11. The minimum atomic E-state index is -0.0408.